The first kappa shape index (κ1) is 17.6. The van der Waals surface area contributed by atoms with Crippen LogP contribution in [0.3, 0.4) is 0 Å². The van der Waals surface area contributed by atoms with Gasteiger partial charge in [-0.3, -0.25) is 9.78 Å². The summed E-state index contributed by atoms with van der Waals surface area (Å²) in [6.45, 7) is 0. The summed E-state index contributed by atoms with van der Waals surface area (Å²) in [5.41, 5.74) is -0.304. The van der Waals surface area contributed by atoms with Crippen molar-refractivity contribution in [2.24, 2.45) is 0 Å². The van der Waals surface area contributed by atoms with Gasteiger partial charge in [0.25, 0.3) is 5.56 Å². The van der Waals surface area contributed by atoms with Crippen LogP contribution in [0.1, 0.15) is 6.42 Å². The zero-order valence-electron chi connectivity index (χ0n) is 14.5. The molecule has 0 saturated heterocycles. The van der Waals surface area contributed by atoms with Crippen LogP contribution >= 0.6 is 0 Å². The summed E-state index contributed by atoms with van der Waals surface area (Å²) in [5.74, 6) is -0.107. The summed E-state index contributed by atoms with van der Waals surface area (Å²) >= 11 is 0. The van der Waals surface area contributed by atoms with Crippen LogP contribution in [0.2, 0.25) is 6.04 Å². The first-order chi connectivity index (χ1) is 12.0. The Balaban J connectivity index is 2.12. The molecule has 0 aliphatic rings. The van der Waals surface area contributed by atoms with E-state index < -0.39 is 8.80 Å². The van der Waals surface area contributed by atoms with Crippen LogP contribution < -0.4 is 10.8 Å². The lowest BCUT2D eigenvalue weighted by Crippen LogP contribution is -2.42. The standard InChI is InChI=1S/C18H21NO5Si/c1-22-25(23-2,24-3)11-5-7-13-10-9-12-6-4-8-14-15(12)16(13)18(21)19-17(14)20/h4,6-10H,5,11H2,1-3H3,(H2,19,20,21). The maximum Gasteiger partial charge on any atom is 0.500 e. The fraction of sp³-hybridized carbons (Fsp3) is 0.278. The van der Waals surface area contributed by atoms with Gasteiger partial charge >= 0.3 is 8.80 Å². The molecule has 0 aliphatic carbocycles. The first-order valence-electron chi connectivity index (χ1n) is 7.97. The quantitative estimate of drug-likeness (QED) is 0.659. The van der Waals surface area contributed by atoms with Crippen molar-refractivity contribution in [1.82, 2.24) is 4.98 Å². The lowest BCUT2D eigenvalue weighted by Gasteiger charge is -2.23. The molecule has 7 heteroatoms. The van der Waals surface area contributed by atoms with E-state index in [0.29, 0.717) is 23.2 Å². The van der Waals surface area contributed by atoms with Gasteiger partial charge in [-0.05, 0) is 23.1 Å². The molecule has 0 bridgehead atoms. The van der Waals surface area contributed by atoms with Gasteiger partial charge in [-0.25, -0.2) is 0 Å². The molecular weight excluding hydrogens is 338 g/mol. The second kappa shape index (κ2) is 6.97. The highest BCUT2D eigenvalue weighted by molar-refractivity contribution is 6.60. The molecule has 0 radical (unpaired) electrons. The minimum atomic E-state index is -2.65. The Morgan fingerprint density at radius 2 is 1.80 bits per heavy atom. The van der Waals surface area contributed by atoms with Crippen LogP contribution in [-0.2, 0) is 13.3 Å². The highest BCUT2D eigenvalue weighted by Crippen LogP contribution is 2.27. The van der Waals surface area contributed by atoms with E-state index in [0.717, 1.165) is 16.0 Å². The van der Waals surface area contributed by atoms with E-state index in [9.17, 15) is 9.90 Å². The molecule has 6 nitrogen and oxygen atoms in total. The van der Waals surface area contributed by atoms with E-state index in [1.807, 2.05) is 30.3 Å². The van der Waals surface area contributed by atoms with Crippen LogP contribution in [-0.4, -0.2) is 40.2 Å². The van der Waals surface area contributed by atoms with Crippen molar-refractivity contribution in [3.8, 4) is 5.88 Å². The Bertz CT molecular complexity index is 1000. The van der Waals surface area contributed by atoms with Gasteiger partial charge in [-0.1, -0.05) is 30.3 Å². The van der Waals surface area contributed by atoms with Crippen molar-refractivity contribution < 1.29 is 18.4 Å². The van der Waals surface area contributed by atoms with Crippen LogP contribution in [0.15, 0.2) is 35.1 Å². The lowest BCUT2D eigenvalue weighted by molar-refractivity contribution is 0.124. The molecule has 0 aliphatic heterocycles. The van der Waals surface area contributed by atoms with E-state index >= 15 is 0 Å². The van der Waals surface area contributed by atoms with Crippen molar-refractivity contribution in [3.63, 3.8) is 0 Å². The second-order valence-corrected chi connectivity index (χ2v) is 8.87. The molecule has 0 saturated carbocycles. The Kier molecular flexibility index (Phi) is 4.91. The van der Waals surface area contributed by atoms with Gasteiger partial charge in [0, 0.05) is 38.1 Å². The minimum absolute atomic E-state index is 0.107. The van der Waals surface area contributed by atoms with Gasteiger partial charge in [0.1, 0.15) is 0 Å². The molecule has 0 fully saturated rings. The molecule has 2 aromatic carbocycles. The van der Waals surface area contributed by atoms with Crippen molar-refractivity contribution in [2.75, 3.05) is 21.3 Å². The third-order valence-electron chi connectivity index (χ3n) is 4.54. The van der Waals surface area contributed by atoms with E-state index in [1.165, 1.54) is 0 Å². The molecule has 0 spiro atoms. The van der Waals surface area contributed by atoms with E-state index in [4.69, 9.17) is 13.3 Å². The molecule has 25 heavy (non-hydrogen) atoms. The predicted molar refractivity (Wildman–Crippen MR) is 99.6 cm³/mol. The highest BCUT2D eigenvalue weighted by atomic mass is 28.4. The Morgan fingerprint density at radius 3 is 2.48 bits per heavy atom. The van der Waals surface area contributed by atoms with Crippen molar-refractivity contribution in [1.29, 1.82) is 0 Å². The van der Waals surface area contributed by atoms with Crippen molar-refractivity contribution in [2.45, 2.75) is 12.5 Å². The molecule has 0 atom stereocenters. The minimum Gasteiger partial charge on any atom is -0.494 e. The van der Waals surface area contributed by atoms with E-state index in [1.54, 1.807) is 27.4 Å². The third-order valence-corrected chi connectivity index (χ3v) is 7.31. The molecule has 3 rings (SSSR count). The summed E-state index contributed by atoms with van der Waals surface area (Å²) in [4.78, 5) is 15.0. The van der Waals surface area contributed by atoms with Gasteiger partial charge in [0.15, 0.2) is 5.88 Å². The molecule has 3 aromatic rings. The van der Waals surface area contributed by atoms with Gasteiger partial charge in [0.2, 0.25) is 0 Å². The molecular formula is C18H21NO5Si. The number of hydrogen-bond donors (Lipinski definition) is 2. The normalized spacial score (nSPS) is 13.2. The smallest absolute Gasteiger partial charge is 0.494 e. The maximum absolute atomic E-state index is 12.5. The van der Waals surface area contributed by atoms with Crippen LogP contribution in [0.4, 0.5) is 0 Å². The number of hydrogen-bond acceptors (Lipinski definition) is 5. The van der Waals surface area contributed by atoms with E-state index in [-0.39, 0.29) is 11.4 Å². The average Bonchev–Trinajstić information content (AvgIpc) is 2.64. The summed E-state index contributed by atoms with van der Waals surface area (Å²) in [6, 6.07) is 10.1. The van der Waals surface area contributed by atoms with Crippen LogP contribution in [0.25, 0.3) is 27.6 Å². The van der Waals surface area contributed by atoms with Crippen LogP contribution in [0.5, 0.6) is 5.88 Å². The number of aromatic amines is 1. The van der Waals surface area contributed by atoms with Gasteiger partial charge in [-0.2, -0.15) is 0 Å². The van der Waals surface area contributed by atoms with Crippen molar-refractivity contribution >= 4 is 36.4 Å². The number of rotatable bonds is 6. The largest absolute Gasteiger partial charge is 0.500 e. The third kappa shape index (κ3) is 3.07. The molecule has 1 aromatic heterocycles. The molecule has 0 unspecified atom stereocenters. The number of benzene rings is 2. The summed E-state index contributed by atoms with van der Waals surface area (Å²) < 4.78 is 16.3. The predicted octanol–water partition coefficient (Wildman–Crippen LogP) is 2.15. The summed E-state index contributed by atoms with van der Waals surface area (Å²) in [7, 11) is 2.09. The number of aromatic nitrogens is 1. The monoisotopic (exact) mass is 359 g/mol. The fourth-order valence-electron chi connectivity index (χ4n) is 3.21. The maximum atomic E-state index is 12.5. The number of aromatic hydroxyl groups is 1. The fourth-order valence-corrected chi connectivity index (χ4v) is 4.82. The SMILES string of the molecule is CO[Si](CCC=c1ccc2cccc3c(O)[nH]c(=O)c1c23)(OC)OC. The topological polar surface area (TPSA) is 80.8 Å². The first-order valence-corrected chi connectivity index (χ1v) is 9.90. The Hall–Kier alpha value is -2.19. The molecule has 2 N–H and O–H groups in total. The number of pyridine rings is 1. The van der Waals surface area contributed by atoms with Crippen molar-refractivity contribution in [3.05, 3.63) is 45.9 Å². The zero-order chi connectivity index (χ0) is 18.0. The highest BCUT2D eigenvalue weighted by Gasteiger charge is 2.36. The van der Waals surface area contributed by atoms with Gasteiger partial charge < -0.3 is 18.4 Å². The average molecular weight is 359 g/mol. The molecule has 1 heterocycles. The van der Waals surface area contributed by atoms with Gasteiger partial charge in [-0.15, -0.1) is 0 Å². The number of nitrogens with one attached hydrogen (secondary N) is 1. The molecule has 132 valence electrons. The lowest BCUT2D eigenvalue weighted by atomic mass is 10.0. The summed E-state index contributed by atoms with van der Waals surface area (Å²) in [6.07, 6.45) is 2.62. The summed E-state index contributed by atoms with van der Waals surface area (Å²) in [5, 5.41) is 13.8. The van der Waals surface area contributed by atoms with E-state index in [2.05, 4.69) is 4.98 Å². The second-order valence-electron chi connectivity index (χ2n) is 5.77. The Labute approximate surface area is 146 Å². The zero-order valence-corrected chi connectivity index (χ0v) is 15.5. The number of H-pyrrole nitrogens is 1. The van der Waals surface area contributed by atoms with Gasteiger partial charge in [0.05, 0.1) is 5.39 Å². The molecule has 0 amide bonds. The Morgan fingerprint density at radius 1 is 1.08 bits per heavy atom. The van der Waals surface area contributed by atoms with Crippen LogP contribution in [0, 0.1) is 0 Å².